The van der Waals surface area contributed by atoms with E-state index in [4.69, 9.17) is 4.42 Å². The van der Waals surface area contributed by atoms with E-state index in [2.05, 4.69) is 15.7 Å². The van der Waals surface area contributed by atoms with Crippen LogP contribution in [0.5, 0.6) is 5.75 Å². The van der Waals surface area contributed by atoms with Crippen molar-refractivity contribution in [1.29, 1.82) is 0 Å². The average molecular weight is 433 g/mol. The molecule has 0 aliphatic heterocycles. The zero-order valence-corrected chi connectivity index (χ0v) is 18.1. The van der Waals surface area contributed by atoms with Crippen LogP contribution in [0, 0.1) is 12.3 Å². The van der Waals surface area contributed by atoms with Crippen molar-refractivity contribution in [2.45, 2.75) is 34.2 Å². The summed E-state index contributed by atoms with van der Waals surface area (Å²) in [4.78, 5) is 37.6. The Hall–Kier alpha value is -3.14. The third-order valence-corrected chi connectivity index (χ3v) is 5.71. The number of aromatic nitrogens is 2. The highest BCUT2D eigenvalue weighted by molar-refractivity contribution is 7.20. The molecule has 10 heteroatoms. The van der Waals surface area contributed by atoms with Gasteiger partial charge >= 0.3 is 5.63 Å². The maximum absolute atomic E-state index is 12.6. The van der Waals surface area contributed by atoms with Gasteiger partial charge in [-0.15, -0.1) is 11.3 Å². The van der Waals surface area contributed by atoms with Gasteiger partial charge in [-0.1, -0.05) is 13.8 Å². The average Bonchev–Trinajstić information content (AvgIpc) is 3.24. The van der Waals surface area contributed by atoms with Crippen LogP contribution in [0.1, 0.15) is 46.7 Å². The van der Waals surface area contributed by atoms with Gasteiger partial charge in [0, 0.05) is 31.1 Å². The minimum atomic E-state index is -0.809. The molecule has 0 saturated heterocycles. The predicted molar refractivity (Wildman–Crippen MR) is 113 cm³/mol. The first-order valence-electron chi connectivity index (χ1n) is 9.47. The topological polar surface area (TPSA) is 126 Å². The Kier molecular flexibility index (Phi) is 5.97. The van der Waals surface area contributed by atoms with Crippen LogP contribution in [-0.2, 0) is 6.54 Å². The summed E-state index contributed by atoms with van der Waals surface area (Å²) in [7, 11) is 0. The maximum atomic E-state index is 12.6. The van der Waals surface area contributed by atoms with Gasteiger partial charge in [0.15, 0.2) is 5.76 Å². The number of amides is 2. The predicted octanol–water partition coefficient (Wildman–Crippen LogP) is 2.27. The van der Waals surface area contributed by atoms with Crippen LogP contribution < -0.4 is 16.3 Å². The van der Waals surface area contributed by atoms with Gasteiger partial charge < -0.3 is 20.2 Å². The number of hydrogen-bond acceptors (Lipinski definition) is 7. The molecule has 3 heterocycles. The number of nitrogens with zero attached hydrogens (tertiary/aromatic N) is 2. The van der Waals surface area contributed by atoms with Gasteiger partial charge in [0.05, 0.1) is 16.6 Å². The summed E-state index contributed by atoms with van der Waals surface area (Å²) in [6, 6.07) is 3.80. The number of rotatable bonds is 7. The van der Waals surface area contributed by atoms with E-state index < -0.39 is 16.9 Å². The minimum absolute atomic E-state index is 0.184. The summed E-state index contributed by atoms with van der Waals surface area (Å²) in [5.74, 6) is -1.42. The summed E-state index contributed by atoms with van der Waals surface area (Å²) < 4.78 is 6.67. The Balaban J connectivity index is 1.59. The molecule has 0 fully saturated rings. The molecule has 0 saturated carbocycles. The highest BCUT2D eigenvalue weighted by Gasteiger charge is 2.23. The molecule has 160 valence electrons. The van der Waals surface area contributed by atoms with Crippen molar-refractivity contribution in [3.8, 4) is 5.75 Å². The molecule has 30 heavy (non-hydrogen) atoms. The van der Waals surface area contributed by atoms with E-state index in [1.54, 1.807) is 0 Å². The molecule has 3 N–H and O–H groups in total. The molecule has 3 rings (SSSR count). The van der Waals surface area contributed by atoms with Gasteiger partial charge in [0.1, 0.15) is 10.6 Å². The molecule has 9 nitrogen and oxygen atoms in total. The van der Waals surface area contributed by atoms with Gasteiger partial charge in [-0.05, 0) is 25.3 Å². The second-order valence-corrected chi connectivity index (χ2v) is 8.79. The summed E-state index contributed by atoms with van der Waals surface area (Å²) >= 11 is 1.40. The second kappa shape index (κ2) is 8.31. The van der Waals surface area contributed by atoms with Crippen LogP contribution in [0.15, 0.2) is 27.4 Å². The summed E-state index contributed by atoms with van der Waals surface area (Å²) in [5, 5.41) is 20.4. The number of nitrogens with one attached hydrogen (secondary N) is 2. The van der Waals surface area contributed by atoms with Crippen molar-refractivity contribution in [2.75, 3.05) is 13.1 Å². The fourth-order valence-electron chi connectivity index (χ4n) is 2.89. The van der Waals surface area contributed by atoms with Gasteiger partial charge in [-0.25, -0.2) is 4.79 Å². The van der Waals surface area contributed by atoms with Crippen molar-refractivity contribution in [3.05, 3.63) is 45.0 Å². The Morgan fingerprint density at radius 1 is 1.20 bits per heavy atom. The number of hydrogen-bond donors (Lipinski definition) is 3. The Morgan fingerprint density at radius 2 is 1.87 bits per heavy atom. The first-order chi connectivity index (χ1) is 14.1. The summed E-state index contributed by atoms with van der Waals surface area (Å²) in [5.41, 5.74) is -0.379. The quantitative estimate of drug-likeness (QED) is 0.526. The molecule has 0 spiro atoms. The molecule has 3 aromatic heterocycles. The van der Waals surface area contributed by atoms with Crippen molar-refractivity contribution in [2.24, 2.45) is 5.41 Å². The molecule has 0 radical (unpaired) electrons. The number of fused-ring (bicyclic) bond motifs is 1. The molecule has 2 amide bonds. The van der Waals surface area contributed by atoms with E-state index in [0.29, 0.717) is 11.4 Å². The lowest BCUT2D eigenvalue weighted by Crippen LogP contribution is -2.42. The van der Waals surface area contributed by atoms with Crippen molar-refractivity contribution < 1.29 is 19.1 Å². The highest BCUT2D eigenvalue weighted by atomic mass is 32.1. The summed E-state index contributed by atoms with van der Waals surface area (Å²) in [6.45, 7) is 8.98. The fraction of sp³-hybridized carbons (Fsp3) is 0.400. The lowest BCUT2D eigenvalue weighted by Gasteiger charge is -2.25. The molecule has 0 bridgehead atoms. The monoisotopic (exact) mass is 432 g/mol. The van der Waals surface area contributed by atoms with Gasteiger partial charge in [0.25, 0.3) is 11.8 Å². The molecule has 3 aromatic rings. The lowest BCUT2D eigenvalue weighted by atomic mass is 9.93. The zero-order chi connectivity index (χ0) is 22.1. The standard InChI is InChI=1S/C20H24N4O5S/c1-5-24-19-13(11(2)23-24)8-15(30-19)18(28)22-10-20(3,4)9-21-17(27)14-6-12(25)7-16(26)29-14/h6-8,25H,5,9-10H2,1-4H3,(H,21,27)(H,22,28). The number of thiophene rings is 1. The Labute approximate surface area is 176 Å². The molecule has 0 aliphatic rings. The van der Waals surface area contributed by atoms with Crippen molar-refractivity contribution in [3.63, 3.8) is 0 Å². The smallest absolute Gasteiger partial charge is 0.340 e. The molecule has 0 unspecified atom stereocenters. The lowest BCUT2D eigenvalue weighted by molar-refractivity contribution is 0.0896. The Morgan fingerprint density at radius 3 is 2.50 bits per heavy atom. The van der Waals surface area contributed by atoms with E-state index in [1.165, 1.54) is 11.3 Å². The second-order valence-electron chi connectivity index (χ2n) is 7.76. The number of carbonyl (C=O) groups is 2. The van der Waals surface area contributed by atoms with Crippen molar-refractivity contribution >= 4 is 33.4 Å². The maximum Gasteiger partial charge on any atom is 0.340 e. The van der Waals surface area contributed by atoms with Crippen molar-refractivity contribution in [1.82, 2.24) is 20.4 Å². The van der Waals surface area contributed by atoms with Crippen LogP contribution in [0.4, 0.5) is 0 Å². The third kappa shape index (κ3) is 4.70. The fourth-order valence-corrected chi connectivity index (χ4v) is 4.03. The SMILES string of the molecule is CCn1nc(C)c2cc(C(=O)NCC(C)(C)CNC(=O)c3cc(O)cc(=O)o3)sc21. The molecule has 0 atom stereocenters. The largest absolute Gasteiger partial charge is 0.508 e. The minimum Gasteiger partial charge on any atom is -0.508 e. The number of carbonyl (C=O) groups excluding carboxylic acids is 2. The van der Waals surface area contributed by atoms with Crippen LogP contribution >= 0.6 is 11.3 Å². The third-order valence-electron chi connectivity index (χ3n) is 4.56. The van der Waals surface area contributed by atoms with E-state index in [9.17, 15) is 19.5 Å². The molecule has 0 aromatic carbocycles. The van der Waals surface area contributed by atoms with Crippen LogP contribution in [0.3, 0.4) is 0 Å². The van der Waals surface area contributed by atoms with Crippen LogP contribution in [-0.4, -0.2) is 39.8 Å². The van der Waals surface area contributed by atoms with Gasteiger partial charge in [-0.3, -0.25) is 14.3 Å². The van der Waals surface area contributed by atoms with E-state index >= 15 is 0 Å². The van der Waals surface area contributed by atoms with Crippen LogP contribution in [0.2, 0.25) is 0 Å². The first kappa shape index (κ1) is 21.6. The number of aromatic hydroxyl groups is 1. The van der Waals surface area contributed by atoms with Crippen LogP contribution in [0.25, 0.3) is 10.2 Å². The Bertz CT molecular complexity index is 1160. The zero-order valence-electron chi connectivity index (χ0n) is 17.2. The molecular weight excluding hydrogens is 408 g/mol. The van der Waals surface area contributed by atoms with Gasteiger partial charge in [0.2, 0.25) is 0 Å². The number of aryl methyl sites for hydroxylation is 2. The molecule has 0 aliphatic carbocycles. The van der Waals surface area contributed by atoms with E-state index in [1.807, 2.05) is 38.4 Å². The first-order valence-corrected chi connectivity index (χ1v) is 10.3. The van der Waals surface area contributed by atoms with E-state index in [-0.39, 0.29) is 24.0 Å². The normalized spacial score (nSPS) is 11.6. The highest BCUT2D eigenvalue weighted by Crippen LogP contribution is 2.28. The molecular formula is C20H24N4O5S. The summed E-state index contributed by atoms with van der Waals surface area (Å²) in [6.07, 6.45) is 0. The van der Waals surface area contributed by atoms with Gasteiger partial charge in [-0.2, -0.15) is 5.10 Å². The van der Waals surface area contributed by atoms with E-state index in [0.717, 1.165) is 34.6 Å².